The van der Waals surface area contributed by atoms with Crippen molar-refractivity contribution in [1.82, 2.24) is 25.1 Å². The molecule has 3 N–H and O–H groups in total. The largest absolute Gasteiger partial charge is 0.368 e. The first kappa shape index (κ1) is 24.2. The number of fused-ring (bicyclic) bond motifs is 2. The van der Waals surface area contributed by atoms with Crippen LogP contribution in [-0.2, 0) is 4.79 Å². The predicted molar refractivity (Wildman–Crippen MR) is 154 cm³/mol. The number of hydrogen-bond acceptors (Lipinski definition) is 5. The fourth-order valence-electron chi connectivity index (χ4n) is 5.24. The summed E-state index contributed by atoms with van der Waals surface area (Å²) in [5.74, 6) is 0.302. The zero-order valence-electron chi connectivity index (χ0n) is 22.1. The number of likely N-dealkylation sites (N-methyl/N-ethyl adjacent to an activating group) is 1. The second-order valence-electron chi connectivity index (χ2n) is 10.7. The summed E-state index contributed by atoms with van der Waals surface area (Å²) < 4.78 is 0. The van der Waals surface area contributed by atoms with Crippen LogP contribution < -0.4 is 10.2 Å². The van der Waals surface area contributed by atoms with Crippen molar-refractivity contribution in [2.45, 2.75) is 20.3 Å². The molecular formula is C30H33N7O. The number of carbonyl (C=O) groups excluding carboxylic acids is 1. The van der Waals surface area contributed by atoms with Crippen LogP contribution in [-0.4, -0.2) is 64.2 Å². The molecule has 0 spiro atoms. The standard InChI is InChI=1S/C30H33N7O/c1-19(2)13-29(38)32-22-14-21(17-31-18-22)20-7-8-26-24(15-20)30(35-34-26)27-16-23-25(33-27)5-4-6-28(23)37-11-9-36(3)10-12-37/h4-8,14-19,33H,9-13H2,1-3H3,(H,32,38)(H,34,35). The van der Waals surface area contributed by atoms with E-state index in [0.29, 0.717) is 18.0 Å². The molecule has 3 aromatic heterocycles. The van der Waals surface area contributed by atoms with Crippen molar-refractivity contribution in [3.05, 3.63) is 60.9 Å². The Balaban J connectivity index is 1.34. The number of amides is 1. The maximum absolute atomic E-state index is 12.3. The molecule has 0 aliphatic carbocycles. The third-order valence-corrected chi connectivity index (χ3v) is 7.25. The highest BCUT2D eigenvalue weighted by atomic mass is 16.1. The number of aromatic amines is 2. The number of piperazine rings is 1. The van der Waals surface area contributed by atoms with Crippen LogP contribution in [0.15, 0.2) is 60.9 Å². The van der Waals surface area contributed by atoms with Gasteiger partial charge in [-0.25, -0.2) is 0 Å². The lowest BCUT2D eigenvalue weighted by atomic mass is 10.0. The molecule has 1 aliphatic heterocycles. The highest BCUT2D eigenvalue weighted by molar-refractivity contribution is 6.01. The van der Waals surface area contributed by atoms with Gasteiger partial charge in [-0.15, -0.1) is 0 Å². The molecule has 2 aromatic carbocycles. The van der Waals surface area contributed by atoms with Gasteiger partial charge < -0.3 is 20.1 Å². The molecule has 0 atom stereocenters. The van der Waals surface area contributed by atoms with Crippen LogP contribution in [0.2, 0.25) is 0 Å². The van der Waals surface area contributed by atoms with Crippen LogP contribution in [0, 0.1) is 5.92 Å². The molecule has 1 saturated heterocycles. The van der Waals surface area contributed by atoms with Gasteiger partial charge in [0.2, 0.25) is 5.91 Å². The second-order valence-corrected chi connectivity index (χ2v) is 10.7. The Kier molecular flexibility index (Phi) is 6.33. The number of H-pyrrole nitrogens is 2. The molecule has 6 rings (SSSR count). The third-order valence-electron chi connectivity index (χ3n) is 7.25. The summed E-state index contributed by atoms with van der Waals surface area (Å²) in [4.78, 5) is 25.1. The van der Waals surface area contributed by atoms with Gasteiger partial charge in [0.05, 0.1) is 23.1 Å². The second kappa shape index (κ2) is 9.95. The first-order chi connectivity index (χ1) is 18.4. The van der Waals surface area contributed by atoms with Crippen molar-refractivity contribution in [2.75, 3.05) is 43.4 Å². The first-order valence-electron chi connectivity index (χ1n) is 13.2. The lowest BCUT2D eigenvalue weighted by Crippen LogP contribution is -2.44. The maximum atomic E-state index is 12.3. The maximum Gasteiger partial charge on any atom is 0.224 e. The monoisotopic (exact) mass is 507 g/mol. The van der Waals surface area contributed by atoms with Crippen LogP contribution >= 0.6 is 0 Å². The highest BCUT2D eigenvalue weighted by Crippen LogP contribution is 2.35. The van der Waals surface area contributed by atoms with Crippen molar-refractivity contribution in [2.24, 2.45) is 5.92 Å². The van der Waals surface area contributed by atoms with Gasteiger partial charge >= 0.3 is 0 Å². The molecule has 5 aromatic rings. The minimum Gasteiger partial charge on any atom is -0.368 e. The van der Waals surface area contributed by atoms with E-state index in [1.54, 1.807) is 6.20 Å². The van der Waals surface area contributed by atoms with E-state index in [2.05, 4.69) is 78.7 Å². The Labute approximate surface area is 222 Å². The molecule has 4 heterocycles. The summed E-state index contributed by atoms with van der Waals surface area (Å²) in [6.07, 6.45) is 3.99. The number of pyridine rings is 1. The summed E-state index contributed by atoms with van der Waals surface area (Å²) in [5.41, 5.74) is 7.87. The number of nitrogens with zero attached hydrogens (tertiary/aromatic N) is 4. The fourth-order valence-corrected chi connectivity index (χ4v) is 5.24. The molecule has 1 amide bonds. The predicted octanol–water partition coefficient (Wildman–Crippen LogP) is 5.51. The van der Waals surface area contributed by atoms with E-state index < -0.39 is 0 Å². The molecule has 0 saturated carbocycles. The first-order valence-corrected chi connectivity index (χ1v) is 13.2. The summed E-state index contributed by atoms with van der Waals surface area (Å²) in [7, 11) is 2.18. The lowest BCUT2D eigenvalue weighted by Gasteiger charge is -2.34. The molecule has 1 aliphatic rings. The average molecular weight is 508 g/mol. The Bertz CT molecular complexity index is 1610. The van der Waals surface area contributed by atoms with Crippen molar-refractivity contribution >= 4 is 39.1 Å². The van der Waals surface area contributed by atoms with Crippen LogP contribution in [0.1, 0.15) is 20.3 Å². The Morgan fingerprint density at radius 2 is 1.82 bits per heavy atom. The van der Waals surface area contributed by atoms with E-state index >= 15 is 0 Å². The molecule has 0 radical (unpaired) electrons. The molecule has 1 fully saturated rings. The molecule has 8 nitrogen and oxygen atoms in total. The zero-order chi connectivity index (χ0) is 26.2. The van der Waals surface area contributed by atoms with Crippen molar-refractivity contribution in [3.63, 3.8) is 0 Å². The molecule has 0 bridgehead atoms. The van der Waals surface area contributed by atoms with E-state index in [4.69, 9.17) is 0 Å². The molecule has 0 unspecified atom stereocenters. The van der Waals surface area contributed by atoms with E-state index in [-0.39, 0.29) is 5.91 Å². The van der Waals surface area contributed by atoms with Crippen molar-refractivity contribution < 1.29 is 4.79 Å². The minimum atomic E-state index is 0.00118. The number of rotatable bonds is 6. The van der Waals surface area contributed by atoms with Crippen LogP contribution in [0.5, 0.6) is 0 Å². The zero-order valence-corrected chi connectivity index (χ0v) is 22.1. The van der Waals surface area contributed by atoms with Gasteiger partial charge in [0.1, 0.15) is 5.69 Å². The number of nitrogens with one attached hydrogen (secondary N) is 3. The molecule has 194 valence electrons. The number of aromatic nitrogens is 4. The van der Waals surface area contributed by atoms with E-state index in [9.17, 15) is 4.79 Å². The number of carbonyl (C=O) groups is 1. The summed E-state index contributed by atoms with van der Waals surface area (Å²) in [5, 5.41) is 13.1. The fraction of sp³-hybridized carbons (Fsp3) is 0.300. The van der Waals surface area contributed by atoms with E-state index in [0.717, 1.165) is 65.1 Å². The van der Waals surface area contributed by atoms with Crippen LogP contribution in [0.4, 0.5) is 11.4 Å². The average Bonchev–Trinajstić information content (AvgIpc) is 3.52. The SMILES string of the molecule is CC(C)CC(=O)Nc1cncc(-c2ccc3[nH]nc(-c4cc5c(N6CCN(C)CC6)cccc5[nH]4)c3c2)c1. The van der Waals surface area contributed by atoms with Gasteiger partial charge in [-0.3, -0.25) is 14.9 Å². The third kappa shape index (κ3) is 4.75. The van der Waals surface area contributed by atoms with Gasteiger partial charge in [0.25, 0.3) is 0 Å². The minimum absolute atomic E-state index is 0.00118. The van der Waals surface area contributed by atoms with Gasteiger partial charge in [-0.05, 0) is 54.9 Å². The van der Waals surface area contributed by atoms with Crippen molar-refractivity contribution in [3.8, 4) is 22.5 Å². The van der Waals surface area contributed by atoms with Gasteiger partial charge in [-0.1, -0.05) is 26.0 Å². The molecule has 38 heavy (non-hydrogen) atoms. The summed E-state index contributed by atoms with van der Waals surface area (Å²) >= 11 is 0. The highest BCUT2D eigenvalue weighted by Gasteiger charge is 2.19. The topological polar surface area (TPSA) is 92.9 Å². The Morgan fingerprint density at radius 1 is 0.974 bits per heavy atom. The van der Waals surface area contributed by atoms with Crippen LogP contribution in [0.3, 0.4) is 0 Å². The van der Waals surface area contributed by atoms with Gasteiger partial charge in [0.15, 0.2) is 0 Å². The van der Waals surface area contributed by atoms with Crippen molar-refractivity contribution in [1.29, 1.82) is 0 Å². The summed E-state index contributed by atoms with van der Waals surface area (Å²) in [6, 6.07) is 16.9. The Morgan fingerprint density at radius 3 is 2.63 bits per heavy atom. The number of benzene rings is 2. The molecule has 8 heteroatoms. The lowest BCUT2D eigenvalue weighted by molar-refractivity contribution is -0.116. The molecular weight excluding hydrogens is 474 g/mol. The normalized spacial score (nSPS) is 14.6. The van der Waals surface area contributed by atoms with Crippen LogP contribution in [0.25, 0.3) is 44.3 Å². The van der Waals surface area contributed by atoms with E-state index in [1.165, 1.54) is 11.1 Å². The summed E-state index contributed by atoms with van der Waals surface area (Å²) in [6.45, 7) is 8.25. The smallest absolute Gasteiger partial charge is 0.224 e. The van der Waals surface area contributed by atoms with E-state index in [1.807, 2.05) is 32.2 Å². The number of anilines is 2. The van der Waals surface area contributed by atoms with Gasteiger partial charge in [-0.2, -0.15) is 5.10 Å². The van der Waals surface area contributed by atoms with Gasteiger partial charge in [0, 0.05) is 66.3 Å². The number of hydrogen-bond donors (Lipinski definition) is 3. The Hall–Kier alpha value is -4.17. The quantitative estimate of drug-likeness (QED) is 0.282.